The molecular weight excluding hydrogens is 229 g/mol. The van der Waals surface area contributed by atoms with Gasteiger partial charge in [-0.3, -0.25) is 10.1 Å². The molecule has 1 rings (SSSR count). The Bertz CT molecular complexity index is 391. The Hall–Kier alpha value is -1.26. The summed E-state index contributed by atoms with van der Waals surface area (Å²) in [5.41, 5.74) is 0. The molecule has 14 heavy (non-hydrogen) atoms. The van der Waals surface area contributed by atoms with Crippen LogP contribution in [0.25, 0.3) is 6.08 Å². The first-order valence-electron chi connectivity index (χ1n) is 3.53. The highest BCUT2D eigenvalue weighted by Crippen LogP contribution is 2.17. The summed E-state index contributed by atoms with van der Waals surface area (Å²) in [5.74, 6) is 0.0631. The summed E-state index contributed by atoms with van der Waals surface area (Å²) in [6.07, 6.45) is 4.47. The fourth-order valence-corrected chi connectivity index (χ4v) is 0.891. The molecule has 1 aromatic rings. The highest BCUT2D eigenvalue weighted by molar-refractivity contribution is 6.56. The lowest BCUT2D eigenvalue weighted by molar-refractivity contribution is -0.402. The van der Waals surface area contributed by atoms with Gasteiger partial charge in [0, 0.05) is 0 Å². The molecule has 0 atom stereocenters. The normalized spacial score (nSPS) is 10.4. The van der Waals surface area contributed by atoms with E-state index in [0.717, 1.165) is 0 Å². The van der Waals surface area contributed by atoms with Crippen molar-refractivity contribution >= 4 is 35.2 Å². The molecule has 0 aliphatic rings. The molecule has 0 bridgehead atoms. The number of rotatable bonds is 3. The number of furan rings is 1. The van der Waals surface area contributed by atoms with Gasteiger partial charge < -0.3 is 4.42 Å². The van der Waals surface area contributed by atoms with Gasteiger partial charge in [0.15, 0.2) is 0 Å². The van der Waals surface area contributed by atoms with Crippen LogP contribution in [0, 0.1) is 10.1 Å². The average molecular weight is 234 g/mol. The first kappa shape index (κ1) is 10.8. The highest BCUT2D eigenvalue weighted by Gasteiger charge is 2.09. The van der Waals surface area contributed by atoms with Gasteiger partial charge in [-0.15, -0.1) is 0 Å². The van der Waals surface area contributed by atoms with Gasteiger partial charge in [0.1, 0.15) is 15.2 Å². The molecule has 0 fully saturated rings. The highest BCUT2D eigenvalue weighted by atomic mass is 35.5. The molecule has 0 spiro atoms. The maximum Gasteiger partial charge on any atom is 0.433 e. The molecule has 0 aliphatic heterocycles. The average Bonchev–Trinajstić information content (AvgIpc) is 2.52. The summed E-state index contributed by atoms with van der Waals surface area (Å²) < 4.78 is 4.92. The van der Waals surface area contributed by atoms with Crippen LogP contribution in [0.4, 0.5) is 5.88 Å². The van der Waals surface area contributed by atoms with Gasteiger partial charge in [0.2, 0.25) is 0 Å². The Balaban J connectivity index is 2.74. The van der Waals surface area contributed by atoms with E-state index < -0.39 is 4.92 Å². The molecule has 74 valence electrons. The Kier molecular flexibility index (Phi) is 3.73. The zero-order valence-electron chi connectivity index (χ0n) is 6.81. The van der Waals surface area contributed by atoms with Crippen molar-refractivity contribution < 1.29 is 9.34 Å². The quantitative estimate of drug-likeness (QED) is 0.456. The van der Waals surface area contributed by atoms with Crippen LogP contribution < -0.4 is 0 Å². The van der Waals surface area contributed by atoms with Gasteiger partial charge in [-0.25, -0.2) is 0 Å². The van der Waals surface area contributed by atoms with Crippen LogP contribution in [-0.2, 0) is 0 Å². The van der Waals surface area contributed by atoms with Crippen LogP contribution in [0.2, 0.25) is 0 Å². The van der Waals surface area contributed by atoms with Crippen molar-refractivity contribution in [2.75, 3.05) is 0 Å². The third kappa shape index (κ3) is 3.24. The van der Waals surface area contributed by atoms with E-state index in [9.17, 15) is 10.1 Å². The van der Waals surface area contributed by atoms with Crippen molar-refractivity contribution in [2.45, 2.75) is 0 Å². The van der Waals surface area contributed by atoms with Crippen LogP contribution in [0.5, 0.6) is 0 Å². The summed E-state index contributed by atoms with van der Waals surface area (Å²) in [7, 11) is 0. The number of nitro groups is 1. The first-order valence-corrected chi connectivity index (χ1v) is 4.29. The van der Waals surface area contributed by atoms with E-state index in [1.165, 1.54) is 30.4 Å². The number of allylic oxidation sites excluding steroid dienone is 2. The molecule has 0 N–H and O–H groups in total. The van der Waals surface area contributed by atoms with Crippen LogP contribution in [0.15, 0.2) is 33.2 Å². The minimum atomic E-state index is -0.609. The largest absolute Gasteiger partial charge is 0.433 e. The first-order chi connectivity index (χ1) is 6.59. The summed E-state index contributed by atoms with van der Waals surface area (Å²) in [4.78, 5) is 9.62. The number of hydrogen-bond acceptors (Lipinski definition) is 3. The molecule has 1 aromatic heterocycles. The number of nitrogens with zero attached hydrogens (tertiary/aromatic N) is 1. The van der Waals surface area contributed by atoms with Gasteiger partial charge in [-0.1, -0.05) is 29.3 Å². The predicted molar refractivity (Wildman–Crippen MR) is 54.2 cm³/mol. The maximum atomic E-state index is 10.2. The van der Waals surface area contributed by atoms with Gasteiger partial charge in [-0.05, 0) is 18.2 Å². The fourth-order valence-electron chi connectivity index (χ4n) is 0.746. The molecule has 0 radical (unpaired) electrons. The predicted octanol–water partition coefficient (Wildman–Crippen LogP) is 3.52. The third-order valence-electron chi connectivity index (χ3n) is 1.28. The standard InChI is InChI=1S/C8H5Cl2NO3/c9-7(10)3-1-2-6-4-5-8(14-6)11(12)13/h1-5H/b2-1+. The Morgan fingerprint density at radius 1 is 1.50 bits per heavy atom. The van der Waals surface area contributed by atoms with E-state index >= 15 is 0 Å². The summed E-state index contributed by atoms with van der Waals surface area (Å²) in [5, 5.41) is 10.2. The van der Waals surface area contributed by atoms with Crippen molar-refractivity contribution in [2.24, 2.45) is 0 Å². The van der Waals surface area contributed by atoms with Crippen LogP contribution in [-0.4, -0.2) is 4.92 Å². The van der Waals surface area contributed by atoms with Gasteiger partial charge >= 0.3 is 5.88 Å². The van der Waals surface area contributed by atoms with E-state index in [-0.39, 0.29) is 10.4 Å². The topological polar surface area (TPSA) is 56.3 Å². The van der Waals surface area contributed by atoms with Crippen molar-refractivity contribution in [3.05, 3.63) is 44.7 Å². The minimum Gasteiger partial charge on any atom is -0.401 e. The second kappa shape index (κ2) is 4.83. The van der Waals surface area contributed by atoms with Crippen molar-refractivity contribution in [1.82, 2.24) is 0 Å². The summed E-state index contributed by atoms with van der Waals surface area (Å²) in [6.45, 7) is 0. The number of hydrogen-bond donors (Lipinski definition) is 0. The zero-order valence-corrected chi connectivity index (χ0v) is 8.33. The minimum absolute atomic E-state index is 0.0994. The molecule has 0 aliphatic carbocycles. The maximum absolute atomic E-state index is 10.2. The van der Waals surface area contributed by atoms with Crippen molar-refractivity contribution in [3.63, 3.8) is 0 Å². The molecule has 0 saturated carbocycles. The van der Waals surface area contributed by atoms with E-state index in [4.69, 9.17) is 27.6 Å². The molecular formula is C8H5Cl2NO3. The molecule has 6 heteroatoms. The van der Waals surface area contributed by atoms with Crippen molar-refractivity contribution in [1.29, 1.82) is 0 Å². The van der Waals surface area contributed by atoms with Gasteiger partial charge in [-0.2, -0.15) is 0 Å². The van der Waals surface area contributed by atoms with Gasteiger partial charge in [0.05, 0.1) is 6.07 Å². The van der Waals surface area contributed by atoms with E-state index in [0.29, 0.717) is 5.76 Å². The van der Waals surface area contributed by atoms with E-state index in [1.54, 1.807) is 0 Å². The van der Waals surface area contributed by atoms with Crippen LogP contribution >= 0.6 is 23.2 Å². The van der Waals surface area contributed by atoms with Crippen LogP contribution in [0.1, 0.15) is 5.76 Å². The summed E-state index contributed by atoms with van der Waals surface area (Å²) in [6, 6.07) is 2.75. The lowest BCUT2D eigenvalue weighted by atomic mass is 10.4. The summed E-state index contributed by atoms with van der Waals surface area (Å²) >= 11 is 10.7. The van der Waals surface area contributed by atoms with Gasteiger partial charge in [0.25, 0.3) is 0 Å². The monoisotopic (exact) mass is 233 g/mol. The van der Waals surface area contributed by atoms with E-state index in [2.05, 4.69) is 0 Å². The lowest BCUT2D eigenvalue weighted by Gasteiger charge is -1.82. The lowest BCUT2D eigenvalue weighted by Crippen LogP contribution is -1.82. The third-order valence-corrected chi connectivity index (χ3v) is 1.53. The molecule has 4 nitrogen and oxygen atoms in total. The van der Waals surface area contributed by atoms with Crippen molar-refractivity contribution in [3.8, 4) is 0 Å². The Morgan fingerprint density at radius 3 is 2.71 bits per heavy atom. The molecule has 0 aromatic carbocycles. The second-order valence-corrected chi connectivity index (χ2v) is 3.26. The fraction of sp³-hybridized carbons (Fsp3) is 0. The SMILES string of the molecule is O=[N+]([O-])c1ccc(/C=C/C=C(Cl)Cl)o1. The molecule has 0 saturated heterocycles. The van der Waals surface area contributed by atoms with E-state index in [1.807, 2.05) is 0 Å². The molecule has 0 amide bonds. The second-order valence-electron chi connectivity index (χ2n) is 2.25. The van der Waals surface area contributed by atoms with Crippen LogP contribution in [0.3, 0.4) is 0 Å². The smallest absolute Gasteiger partial charge is 0.401 e. The molecule has 1 heterocycles. The zero-order chi connectivity index (χ0) is 10.6. The Labute approximate surface area is 89.6 Å². The Morgan fingerprint density at radius 2 is 2.21 bits per heavy atom. The number of halogens is 2. The molecule has 0 unspecified atom stereocenters.